The maximum Gasteiger partial charge on any atom is 0.187 e. The highest BCUT2D eigenvalue weighted by molar-refractivity contribution is 4.95. The number of aliphatic hydroxyl groups excluding tert-OH is 7. The Hall–Kier alpha value is -0.400. The Morgan fingerprint density at radius 3 is 2.05 bits per heavy atom. The van der Waals surface area contributed by atoms with E-state index in [1.807, 2.05) is 0 Å². The van der Waals surface area contributed by atoms with E-state index in [-0.39, 0.29) is 0 Å². The van der Waals surface area contributed by atoms with Crippen LogP contribution in [-0.4, -0.2) is 104 Å². The molecule has 0 aromatic carbocycles. The molecule has 1 radical (unpaired) electrons. The Balaban J connectivity index is 2.09. The summed E-state index contributed by atoms with van der Waals surface area (Å²) < 4.78 is 15.4. The van der Waals surface area contributed by atoms with Crippen LogP contribution in [-0.2, 0) is 14.2 Å². The van der Waals surface area contributed by atoms with E-state index in [1.54, 1.807) is 0 Å². The molecule has 0 bridgehead atoms. The van der Waals surface area contributed by atoms with Gasteiger partial charge in [-0.3, -0.25) is 0 Å². The Kier molecular flexibility index (Phi) is 6.07. The van der Waals surface area contributed by atoms with Gasteiger partial charge in [-0.15, -0.1) is 0 Å². The first-order chi connectivity index (χ1) is 10.4. The SMILES string of the molecule is OC[C@H]1O[C@@H](O[C@H]2[C@H](O)[C@@H](O)[CH]O[C@@H]2CO)[C@H](O)[C@@H](O)[C@H]1O. The summed E-state index contributed by atoms with van der Waals surface area (Å²) in [5.74, 6) is 0. The van der Waals surface area contributed by atoms with E-state index >= 15 is 0 Å². The number of ether oxygens (including phenoxy) is 3. The fraction of sp³-hybridized carbons (Fsp3) is 0.917. The van der Waals surface area contributed by atoms with Crippen LogP contribution < -0.4 is 0 Å². The first-order valence-corrected chi connectivity index (χ1v) is 6.82. The van der Waals surface area contributed by atoms with Gasteiger partial charge in [0.1, 0.15) is 55.4 Å². The lowest BCUT2D eigenvalue weighted by atomic mass is 9.97. The van der Waals surface area contributed by atoms with Gasteiger partial charge in [0, 0.05) is 0 Å². The molecule has 2 heterocycles. The maximum atomic E-state index is 9.90. The molecule has 2 aliphatic heterocycles. The van der Waals surface area contributed by atoms with E-state index in [0.29, 0.717) is 0 Å². The molecular weight excluding hydrogens is 304 g/mol. The van der Waals surface area contributed by atoms with Crippen LogP contribution >= 0.6 is 0 Å². The van der Waals surface area contributed by atoms with E-state index in [1.165, 1.54) is 0 Å². The van der Waals surface area contributed by atoms with E-state index in [0.717, 1.165) is 6.61 Å². The van der Waals surface area contributed by atoms with Crippen LogP contribution in [0.4, 0.5) is 0 Å². The normalized spacial score (nSPS) is 50.0. The average molecular weight is 325 g/mol. The van der Waals surface area contributed by atoms with E-state index in [9.17, 15) is 30.6 Å². The van der Waals surface area contributed by atoms with Crippen LogP contribution in [0.3, 0.4) is 0 Å². The van der Waals surface area contributed by atoms with Crippen molar-refractivity contribution in [2.24, 2.45) is 0 Å². The zero-order valence-electron chi connectivity index (χ0n) is 11.5. The standard InChI is InChI=1S/C12H21O10/c13-1-5-8(17)9(18)10(19)12(21-5)22-11-6(2-14)20-3-4(15)7(11)16/h3-19H,1-2H2/t4-,5+,6+,7+,8-,9-,10+,11+,12-/m0/s1. The smallest absolute Gasteiger partial charge is 0.187 e. The van der Waals surface area contributed by atoms with Gasteiger partial charge < -0.3 is 50.0 Å². The van der Waals surface area contributed by atoms with Crippen molar-refractivity contribution in [3.8, 4) is 0 Å². The Morgan fingerprint density at radius 2 is 1.45 bits per heavy atom. The fourth-order valence-electron chi connectivity index (χ4n) is 2.40. The highest BCUT2D eigenvalue weighted by atomic mass is 16.7. The molecule has 0 amide bonds. The van der Waals surface area contributed by atoms with Crippen LogP contribution in [0.2, 0.25) is 0 Å². The molecule has 0 aliphatic carbocycles. The van der Waals surface area contributed by atoms with Gasteiger partial charge in [0.05, 0.1) is 13.2 Å². The second-order valence-corrected chi connectivity index (χ2v) is 5.27. The predicted octanol–water partition coefficient (Wildman–Crippen LogP) is -4.55. The minimum Gasteiger partial charge on any atom is -0.394 e. The summed E-state index contributed by atoms with van der Waals surface area (Å²) in [4.78, 5) is 0. The second kappa shape index (κ2) is 7.45. The topological polar surface area (TPSA) is 169 Å². The van der Waals surface area contributed by atoms with E-state index in [4.69, 9.17) is 19.3 Å². The lowest BCUT2D eigenvalue weighted by Gasteiger charge is -2.44. The summed E-state index contributed by atoms with van der Waals surface area (Å²) >= 11 is 0. The van der Waals surface area contributed by atoms with Crippen molar-refractivity contribution in [2.75, 3.05) is 13.2 Å². The summed E-state index contributed by atoms with van der Waals surface area (Å²) in [6.07, 6.45) is -12.6. The Labute approximate surface area is 126 Å². The monoisotopic (exact) mass is 325 g/mol. The molecule has 0 aromatic heterocycles. The molecule has 2 rings (SSSR count). The van der Waals surface area contributed by atoms with Gasteiger partial charge in [0.25, 0.3) is 0 Å². The largest absolute Gasteiger partial charge is 0.394 e. The van der Waals surface area contributed by atoms with Crippen LogP contribution in [0.1, 0.15) is 0 Å². The first-order valence-electron chi connectivity index (χ1n) is 6.82. The van der Waals surface area contributed by atoms with Gasteiger partial charge in [-0.25, -0.2) is 0 Å². The Bertz CT molecular complexity index is 351. The van der Waals surface area contributed by atoms with Crippen LogP contribution in [0, 0.1) is 6.61 Å². The first kappa shape index (κ1) is 17.9. The molecule has 2 fully saturated rings. The van der Waals surface area contributed by atoms with Gasteiger partial charge in [-0.2, -0.15) is 0 Å². The molecule has 0 saturated carbocycles. The van der Waals surface area contributed by atoms with E-state index < -0.39 is 68.3 Å². The summed E-state index contributed by atoms with van der Waals surface area (Å²) in [6, 6.07) is 0. The highest BCUT2D eigenvalue weighted by Crippen LogP contribution is 2.27. The molecule has 2 saturated heterocycles. The van der Waals surface area contributed by atoms with Crippen molar-refractivity contribution in [1.82, 2.24) is 0 Å². The quantitative estimate of drug-likeness (QED) is 0.267. The zero-order chi connectivity index (χ0) is 16.4. The third-order valence-electron chi connectivity index (χ3n) is 3.77. The van der Waals surface area contributed by atoms with Crippen molar-refractivity contribution in [1.29, 1.82) is 0 Å². The van der Waals surface area contributed by atoms with Gasteiger partial charge in [0.15, 0.2) is 6.29 Å². The predicted molar refractivity (Wildman–Crippen MR) is 66.9 cm³/mol. The molecule has 0 spiro atoms. The van der Waals surface area contributed by atoms with Gasteiger partial charge in [-0.1, -0.05) is 0 Å². The molecule has 0 aromatic rings. The minimum atomic E-state index is -1.66. The van der Waals surface area contributed by atoms with Crippen LogP contribution in [0.25, 0.3) is 0 Å². The zero-order valence-corrected chi connectivity index (χ0v) is 11.5. The van der Waals surface area contributed by atoms with Gasteiger partial charge in [-0.05, 0) is 0 Å². The van der Waals surface area contributed by atoms with Gasteiger partial charge in [0.2, 0.25) is 0 Å². The van der Waals surface area contributed by atoms with Crippen molar-refractivity contribution in [2.45, 2.75) is 55.1 Å². The molecule has 10 nitrogen and oxygen atoms in total. The molecule has 0 unspecified atom stereocenters. The number of rotatable bonds is 4. The van der Waals surface area contributed by atoms with Crippen molar-refractivity contribution < 1.29 is 50.0 Å². The summed E-state index contributed by atoms with van der Waals surface area (Å²) in [7, 11) is 0. The lowest BCUT2D eigenvalue weighted by Crippen LogP contribution is -2.62. The molecule has 9 atom stereocenters. The average Bonchev–Trinajstić information content (AvgIpc) is 2.52. The summed E-state index contributed by atoms with van der Waals surface area (Å²) in [5.41, 5.74) is 0. The van der Waals surface area contributed by atoms with Crippen molar-refractivity contribution in [3.63, 3.8) is 0 Å². The highest BCUT2D eigenvalue weighted by Gasteiger charge is 2.48. The molecule has 7 N–H and O–H groups in total. The molecule has 10 heteroatoms. The van der Waals surface area contributed by atoms with E-state index in [2.05, 4.69) is 0 Å². The summed E-state index contributed by atoms with van der Waals surface area (Å²) in [5, 5.41) is 66.9. The molecular formula is C12H21O10. The second-order valence-electron chi connectivity index (χ2n) is 5.27. The third-order valence-corrected chi connectivity index (χ3v) is 3.77. The van der Waals surface area contributed by atoms with Gasteiger partial charge >= 0.3 is 0 Å². The lowest BCUT2D eigenvalue weighted by molar-refractivity contribution is -0.333. The van der Waals surface area contributed by atoms with Crippen LogP contribution in [0.15, 0.2) is 0 Å². The Morgan fingerprint density at radius 1 is 0.818 bits per heavy atom. The van der Waals surface area contributed by atoms with Crippen molar-refractivity contribution in [3.05, 3.63) is 6.61 Å². The maximum absolute atomic E-state index is 9.90. The molecule has 2 aliphatic rings. The number of aliphatic hydroxyl groups is 7. The molecule has 129 valence electrons. The number of hydrogen-bond acceptors (Lipinski definition) is 10. The summed E-state index contributed by atoms with van der Waals surface area (Å²) in [6.45, 7) is -0.227. The fourth-order valence-corrected chi connectivity index (χ4v) is 2.40. The van der Waals surface area contributed by atoms with Crippen molar-refractivity contribution >= 4 is 0 Å². The molecule has 22 heavy (non-hydrogen) atoms. The minimum absolute atomic E-state index is 0.539. The van der Waals surface area contributed by atoms with Crippen LogP contribution in [0.5, 0.6) is 0 Å². The number of hydrogen-bond donors (Lipinski definition) is 7. The third kappa shape index (κ3) is 3.41.